The Morgan fingerprint density at radius 2 is 1.87 bits per heavy atom. The van der Waals surface area contributed by atoms with Crippen molar-refractivity contribution in [2.24, 2.45) is 5.16 Å². The molecule has 1 amide bonds. The number of aromatic nitrogens is 2. The van der Waals surface area contributed by atoms with Gasteiger partial charge in [0, 0.05) is 52.6 Å². The molecular weight excluding hydrogens is 583 g/mol. The van der Waals surface area contributed by atoms with E-state index in [-0.39, 0.29) is 12.0 Å². The number of amides is 1. The highest BCUT2D eigenvalue weighted by atomic mass is 35.5. The molecule has 1 unspecified atom stereocenters. The maximum atomic E-state index is 13.8. The summed E-state index contributed by atoms with van der Waals surface area (Å²) in [5.74, 6) is -2.05. The van der Waals surface area contributed by atoms with Crippen molar-refractivity contribution in [1.82, 2.24) is 14.5 Å². The number of carbonyl (C=O) groups is 1. The molecule has 14 heteroatoms. The Bertz CT molecular complexity index is 1480. The van der Waals surface area contributed by atoms with Gasteiger partial charge in [-0.1, -0.05) is 34.4 Å². The van der Waals surface area contributed by atoms with Gasteiger partial charge >= 0.3 is 6.18 Å². The van der Waals surface area contributed by atoms with E-state index in [0.29, 0.717) is 70.1 Å². The molecule has 1 atom stereocenters. The molecule has 1 saturated heterocycles. The van der Waals surface area contributed by atoms with E-state index in [1.54, 1.807) is 18.2 Å². The predicted molar refractivity (Wildman–Crippen MR) is 138 cm³/mol. The number of benzene rings is 1. The van der Waals surface area contributed by atoms with Gasteiger partial charge in [-0.25, -0.2) is 9.37 Å². The number of hydrogen-bond donors (Lipinski definition) is 0. The number of carbonyl (C=O) groups excluding carboxylic acids is 1. The van der Waals surface area contributed by atoms with Gasteiger partial charge in [-0.2, -0.15) is 13.2 Å². The summed E-state index contributed by atoms with van der Waals surface area (Å²) in [6.45, 7) is -0.0281. The van der Waals surface area contributed by atoms with Crippen LogP contribution in [-0.2, 0) is 22.4 Å². The number of likely N-dealkylation sites (tertiary alicyclic amines) is 1. The first-order valence-corrected chi connectivity index (χ1v) is 13.5. The van der Waals surface area contributed by atoms with Crippen molar-refractivity contribution in [3.63, 3.8) is 0 Å². The highest BCUT2D eigenvalue weighted by Crippen LogP contribution is 2.39. The lowest BCUT2D eigenvalue weighted by molar-refractivity contribution is -0.139. The molecule has 206 valence electrons. The van der Waals surface area contributed by atoms with E-state index >= 15 is 0 Å². The van der Waals surface area contributed by atoms with Gasteiger partial charge in [-0.05, 0) is 31.0 Å². The Kier molecular flexibility index (Phi) is 7.71. The predicted octanol–water partition coefficient (Wildman–Crippen LogP) is 6.04. The summed E-state index contributed by atoms with van der Waals surface area (Å²) >= 11 is 14.1. The maximum Gasteiger partial charge on any atom is 0.417 e. The first-order chi connectivity index (χ1) is 18.5. The van der Waals surface area contributed by atoms with Crippen LogP contribution in [0.2, 0.25) is 10.0 Å². The van der Waals surface area contributed by atoms with E-state index in [1.165, 1.54) is 16.2 Å². The van der Waals surface area contributed by atoms with E-state index in [1.807, 2.05) is 5.38 Å². The molecule has 0 N–H and O–H groups in total. The molecule has 1 fully saturated rings. The van der Waals surface area contributed by atoms with Gasteiger partial charge in [0.1, 0.15) is 12.3 Å². The molecular formula is C25H20Cl2F4N4O3S. The molecule has 7 nitrogen and oxygen atoms in total. The molecule has 5 rings (SSSR count). The number of thiazole rings is 1. The molecule has 2 aliphatic heterocycles. The zero-order chi connectivity index (χ0) is 27.9. The molecule has 39 heavy (non-hydrogen) atoms. The van der Waals surface area contributed by atoms with Crippen molar-refractivity contribution in [3.8, 4) is 0 Å². The van der Waals surface area contributed by atoms with Gasteiger partial charge in [0.15, 0.2) is 11.9 Å². The number of nitrogens with zero attached hydrogens (tertiary/aromatic N) is 4. The van der Waals surface area contributed by atoms with Gasteiger partial charge in [-0.3, -0.25) is 9.59 Å². The van der Waals surface area contributed by atoms with Gasteiger partial charge in [-0.15, -0.1) is 11.3 Å². The zero-order valence-electron chi connectivity index (χ0n) is 20.1. The van der Waals surface area contributed by atoms with E-state index in [0.717, 1.165) is 5.01 Å². The monoisotopic (exact) mass is 602 g/mol. The van der Waals surface area contributed by atoms with Crippen LogP contribution in [-0.4, -0.2) is 39.2 Å². The lowest BCUT2D eigenvalue weighted by atomic mass is 9.97. The van der Waals surface area contributed by atoms with Crippen molar-refractivity contribution in [2.45, 2.75) is 44.0 Å². The van der Waals surface area contributed by atoms with Gasteiger partial charge in [0.2, 0.25) is 5.91 Å². The second kappa shape index (κ2) is 10.9. The number of alkyl halides is 3. The SMILES string of the molecule is O=C(Cn1cc(C(F)(F)F)cc(F)c1=O)N1CCC(c2nc(C3=NOC(c4c(Cl)cccc4Cl)C3)cs2)CC1. The van der Waals surface area contributed by atoms with Crippen molar-refractivity contribution in [3.05, 3.63) is 83.9 Å². The van der Waals surface area contributed by atoms with Crippen LogP contribution < -0.4 is 5.56 Å². The summed E-state index contributed by atoms with van der Waals surface area (Å²) in [4.78, 5) is 36.4. The highest BCUT2D eigenvalue weighted by Gasteiger charge is 2.34. The van der Waals surface area contributed by atoms with Gasteiger partial charge < -0.3 is 14.3 Å². The average molecular weight is 603 g/mol. The van der Waals surface area contributed by atoms with Crippen LogP contribution in [0.5, 0.6) is 0 Å². The minimum absolute atomic E-state index is 0.0678. The molecule has 2 aromatic heterocycles. The molecule has 0 spiro atoms. The Hall–Kier alpha value is -2.96. The number of halogens is 6. The van der Waals surface area contributed by atoms with E-state index in [2.05, 4.69) is 5.16 Å². The normalized spacial score (nSPS) is 18.3. The molecule has 2 aliphatic rings. The molecule has 0 bridgehead atoms. The van der Waals surface area contributed by atoms with Gasteiger partial charge in [0.05, 0.1) is 16.3 Å². The third-order valence-corrected chi connectivity index (χ3v) is 8.35. The fraction of sp³-hybridized carbons (Fsp3) is 0.360. The van der Waals surface area contributed by atoms with Crippen LogP contribution in [0.15, 0.2) is 45.8 Å². The second-order valence-electron chi connectivity index (χ2n) is 9.21. The first kappa shape index (κ1) is 27.6. The van der Waals surface area contributed by atoms with Crippen LogP contribution in [0, 0.1) is 5.82 Å². The van der Waals surface area contributed by atoms with E-state index in [4.69, 9.17) is 33.0 Å². The summed E-state index contributed by atoms with van der Waals surface area (Å²) in [5.41, 5.74) is -0.583. The molecule has 1 aromatic carbocycles. The van der Waals surface area contributed by atoms with Gasteiger partial charge in [0.25, 0.3) is 5.56 Å². The summed E-state index contributed by atoms with van der Waals surface area (Å²) in [5, 5.41) is 7.93. The summed E-state index contributed by atoms with van der Waals surface area (Å²) < 4.78 is 53.2. The Morgan fingerprint density at radius 3 is 2.54 bits per heavy atom. The van der Waals surface area contributed by atoms with Crippen LogP contribution >= 0.6 is 34.5 Å². The van der Waals surface area contributed by atoms with Crippen molar-refractivity contribution in [1.29, 1.82) is 0 Å². The quantitative estimate of drug-likeness (QED) is 0.334. The Morgan fingerprint density at radius 1 is 1.18 bits per heavy atom. The smallest absolute Gasteiger partial charge is 0.387 e. The lowest BCUT2D eigenvalue weighted by Crippen LogP contribution is -2.41. The Labute approximate surface area is 233 Å². The zero-order valence-corrected chi connectivity index (χ0v) is 22.4. The highest BCUT2D eigenvalue weighted by molar-refractivity contribution is 7.10. The van der Waals surface area contributed by atoms with E-state index in [9.17, 15) is 27.2 Å². The number of oxime groups is 1. The minimum atomic E-state index is -4.84. The fourth-order valence-corrected chi connectivity index (χ4v) is 6.24. The van der Waals surface area contributed by atoms with Crippen molar-refractivity contribution < 1.29 is 27.2 Å². The molecule has 0 aliphatic carbocycles. The third-order valence-electron chi connectivity index (χ3n) is 6.68. The summed E-state index contributed by atoms with van der Waals surface area (Å²) in [7, 11) is 0. The summed E-state index contributed by atoms with van der Waals surface area (Å²) in [6, 6.07) is 5.35. The van der Waals surface area contributed by atoms with Crippen LogP contribution in [0.25, 0.3) is 0 Å². The van der Waals surface area contributed by atoms with Crippen molar-refractivity contribution >= 4 is 46.2 Å². The molecule has 0 saturated carbocycles. The molecule has 0 radical (unpaired) electrons. The van der Waals surface area contributed by atoms with Crippen molar-refractivity contribution in [2.75, 3.05) is 13.1 Å². The average Bonchev–Trinajstić information content (AvgIpc) is 3.56. The van der Waals surface area contributed by atoms with Crippen LogP contribution in [0.1, 0.15) is 53.1 Å². The largest absolute Gasteiger partial charge is 0.417 e. The minimum Gasteiger partial charge on any atom is -0.387 e. The molecule has 4 heterocycles. The van der Waals surface area contributed by atoms with Crippen LogP contribution in [0.3, 0.4) is 0 Å². The summed E-state index contributed by atoms with van der Waals surface area (Å²) in [6.07, 6.45) is -3.19. The lowest BCUT2D eigenvalue weighted by Gasteiger charge is -2.31. The Balaban J connectivity index is 1.19. The van der Waals surface area contributed by atoms with Crippen LogP contribution in [0.4, 0.5) is 17.6 Å². The second-order valence-corrected chi connectivity index (χ2v) is 10.9. The fourth-order valence-electron chi connectivity index (χ4n) is 4.60. The number of pyridine rings is 1. The number of rotatable bonds is 5. The molecule has 3 aromatic rings. The third kappa shape index (κ3) is 5.82. The first-order valence-electron chi connectivity index (χ1n) is 11.9. The number of piperidine rings is 1. The topological polar surface area (TPSA) is 76.8 Å². The maximum absolute atomic E-state index is 13.8. The standard InChI is InChI=1S/C25H20Cl2F4N4O3S/c26-15-2-1-3-16(27)22(15)20-9-18(33-38-20)19-12-39-23(32-19)13-4-6-34(7-5-13)21(36)11-35-10-14(25(29,30)31)8-17(28)24(35)37/h1-3,8,10,12-13,20H,4-7,9,11H2. The van der Waals surface area contributed by atoms with E-state index < -0.39 is 41.7 Å². The number of hydrogen-bond acceptors (Lipinski definition) is 6.